The summed E-state index contributed by atoms with van der Waals surface area (Å²) in [7, 11) is 0. The summed E-state index contributed by atoms with van der Waals surface area (Å²) in [4.78, 5) is 19.3. The average Bonchev–Trinajstić information content (AvgIpc) is 3.02. The molecule has 0 radical (unpaired) electrons. The number of aromatic nitrogens is 3. The van der Waals surface area contributed by atoms with Gasteiger partial charge >= 0.3 is 0 Å². The summed E-state index contributed by atoms with van der Waals surface area (Å²) in [5.74, 6) is -0.208. The Balaban J connectivity index is 1.50. The van der Waals surface area contributed by atoms with Crippen molar-refractivity contribution in [1.82, 2.24) is 14.6 Å². The summed E-state index contributed by atoms with van der Waals surface area (Å²) in [5.41, 5.74) is 5.02. The van der Waals surface area contributed by atoms with E-state index in [0.717, 1.165) is 10.6 Å². The largest absolute Gasteiger partial charge is 0.322 e. The van der Waals surface area contributed by atoms with Gasteiger partial charge in [-0.05, 0) is 74.4 Å². The minimum atomic E-state index is -0.208. The van der Waals surface area contributed by atoms with Gasteiger partial charge in [0, 0.05) is 27.9 Å². The Labute approximate surface area is 167 Å². The summed E-state index contributed by atoms with van der Waals surface area (Å²) in [6.45, 7) is 6.05. The highest BCUT2D eigenvalue weighted by atomic mass is 32.2. The fourth-order valence-corrected chi connectivity index (χ4v) is 3.89. The SMILES string of the molecule is Cc1ccc(Sc2ccc(NC(=O)c3c(C)nn4cccnc34)cc2)cc1C. The molecule has 0 aliphatic heterocycles. The lowest BCUT2D eigenvalue weighted by atomic mass is 10.1. The molecule has 0 bridgehead atoms. The van der Waals surface area contributed by atoms with Crippen molar-refractivity contribution < 1.29 is 4.79 Å². The molecular weight excluding hydrogens is 368 g/mol. The maximum absolute atomic E-state index is 12.7. The number of rotatable bonds is 4. The monoisotopic (exact) mass is 388 g/mol. The first-order valence-corrected chi connectivity index (χ1v) is 9.79. The molecule has 1 N–H and O–H groups in total. The van der Waals surface area contributed by atoms with E-state index in [0.29, 0.717) is 16.9 Å². The second-order valence-corrected chi connectivity index (χ2v) is 7.82. The molecule has 0 fully saturated rings. The predicted molar refractivity (Wildman–Crippen MR) is 112 cm³/mol. The number of benzene rings is 2. The maximum Gasteiger partial charge on any atom is 0.261 e. The molecule has 4 aromatic rings. The topological polar surface area (TPSA) is 59.3 Å². The fourth-order valence-electron chi connectivity index (χ4n) is 2.98. The highest BCUT2D eigenvalue weighted by Crippen LogP contribution is 2.30. The highest BCUT2D eigenvalue weighted by molar-refractivity contribution is 7.99. The van der Waals surface area contributed by atoms with Crippen LogP contribution in [-0.4, -0.2) is 20.5 Å². The number of anilines is 1. The number of aryl methyl sites for hydroxylation is 3. The molecule has 5 nitrogen and oxygen atoms in total. The Bertz CT molecular complexity index is 1170. The van der Waals surface area contributed by atoms with Gasteiger partial charge in [0.15, 0.2) is 5.65 Å². The van der Waals surface area contributed by atoms with Gasteiger partial charge in [-0.25, -0.2) is 9.50 Å². The van der Waals surface area contributed by atoms with Gasteiger partial charge < -0.3 is 5.32 Å². The first-order valence-electron chi connectivity index (χ1n) is 8.98. The first kappa shape index (κ1) is 18.3. The minimum Gasteiger partial charge on any atom is -0.322 e. The molecule has 0 saturated heterocycles. The van der Waals surface area contributed by atoms with Crippen molar-refractivity contribution in [2.75, 3.05) is 5.32 Å². The van der Waals surface area contributed by atoms with Crippen LogP contribution < -0.4 is 5.32 Å². The van der Waals surface area contributed by atoms with Crippen LogP contribution in [0.15, 0.2) is 70.7 Å². The van der Waals surface area contributed by atoms with Crippen molar-refractivity contribution in [2.45, 2.75) is 30.6 Å². The summed E-state index contributed by atoms with van der Waals surface area (Å²) in [6.07, 6.45) is 3.44. The van der Waals surface area contributed by atoms with Crippen molar-refractivity contribution in [3.8, 4) is 0 Å². The van der Waals surface area contributed by atoms with E-state index in [-0.39, 0.29) is 5.91 Å². The normalized spacial score (nSPS) is 11.0. The summed E-state index contributed by atoms with van der Waals surface area (Å²) in [6, 6.07) is 16.1. The smallest absolute Gasteiger partial charge is 0.261 e. The number of amides is 1. The lowest BCUT2D eigenvalue weighted by Crippen LogP contribution is -2.13. The van der Waals surface area contributed by atoms with Gasteiger partial charge in [-0.2, -0.15) is 5.10 Å². The Morgan fingerprint density at radius 3 is 2.50 bits per heavy atom. The molecule has 2 aromatic carbocycles. The first-order chi connectivity index (χ1) is 13.5. The number of fused-ring (bicyclic) bond motifs is 1. The molecule has 1 amide bonds. The minimum absolute atomic E-state index is 0.208. The van der Waals surface area contributed by atoms with Crippen LogP contribution in [0.2, 0.25) is 0 Å². The van der Waals surface area contributed by atoms with Crippen molar-refractivity contribution >= 4 is 29.0 Å². The Morgan fingerprint density at radius 1 is 1.00 bits per heavy atom. The van der Waals surface area contributed by atoms with Gasteiger partial charge in [-0.1, -0.05) is 17.8 Å². The molecule has 0 aliphatic carbocycles. The van der Waals surface area contributed by atoms with Crippen molar-refractivity contribution in [1.29, 1.82) is 0 Å². The summed E-state index contributed by atoms with van der Waals surface area (Å²) < 4.78 is 1.62. The van der Waals surface area contributed by atoms with Crippen molar-refractivity contribution in [3.63, 3.8) is 0 Å². The standard InChI is InChI=1S/C22H20N4OS/c1-14-5-8-19(13-15(14)2)28-18-9-6-17(7-10-18)24-22(27)20-16(3)25-26-12-4-11-23-21(20)26/h4-13H,1-3H3,(H,24,27). The predicted octanol–water partition coefficient (Wildman–Crippen LogP) is 5.06. The van der Waals surface area contributed by atoms with E-state index < -0.39 is 0 Å². The van der Waals surface area contributed by atoms with Crippen LogP contribution >= 0.6 is 11.8 Å². The van der Waals surface area contributed by atoms with Crippen LogP contribution in [0.5, 0.6) is 0 Å². The molecule has 0 spiro atoms. The summed E-state index contributed by atoms with van der Waals surface area (Å²) in [5, 5.41) is 7.28. The third-order valence-corrected chi connectivity index (χ3v) is 5.62. The van der Waals surface area contributed by atoms with E-state index in [4.69, 9.17) is 0 Å². The van der Waals surface area contributed by atoms with E-state index in [1.54, 1.807) is 34.7 Å². The van der Waals surface area contributed by atoms with Crippen LogP contribution in [0, 0.1) is 20.8 Å². The number of nitrogens with zero attached hydrogens (tertiary/aromatic N) is 3. The lowest BCUT2D eigenvalue weighted by molar-refractivity contribution is 0.102. The van der Waals surface area contributed by atoms with E-state index in [1.165, 1.54) is 16.0 Å². The highest BCUT2D eigenvalue weighted by Gasteiger charge is 2.18. The Kier molecular flexibility index (Phi) is 4.88. The molecule has 6 heteroatoms. The van der Waals surface area contributed by atoms with E-state index in [9.17, 15) is 4.79 Å². The zero-order valence-corrected chi connectivity index (χ0v) is 16.7. The van der Waals surface area contributed by atoms with E-state index >= 15 is 0 Å². The Morgan fingerprint density at radius 2 is 1.75 bits per heavy atom. The van der Waals surface area contributed by atoms with Crippen LogP contribution in [0.4, 0.5) is 5.69 Å². The summed E-state index contributed by atoms with van der Waals surface area (Å²) >= 11 is 1.70. The lowest BCUT2D eigenvalue weighted by Gasteiger charge is -2.08. The maximum atomic E-state index is 12.7. The van der Waals surface area contributed by atoms with Gasteiger partial charge in [0.25, 0.3) is 5.91 Å². The molecule has 0 atom stereocenters. The third-order valence-electron chi connectivity index (χ3n) is 4.62. The van der Waals surface area contributed by atoms with Gasteiger partial charge in [-0.3, -0.25) is 4.79 Å². The molecule has 0 unspecified atom stereocenters. The van der Waals surface area contributed by atoms with Crippen LogP contribution in [0.3, 0.4) is 0 Å². The fraction of sp³-hybridized carbons (Fsp3) is 0.136. The molecule has 2 aromatic heterocycles. The zero-order chi connectivity index (χ0) is 19.7. The number of nitrogens with one attached hydrogen (secondary N) is 1. The molecule has 0 saturated carbocycles. The quantitative estimate of drug-likeness (QED) is 0.531. The van der Waals surface area contributed by atoms with Gasteiger partial charge in [0.1, 0.15) is 5.56 Å². The molecular formula is C22H20N4OS. The van der Waals surface area contributed by atoms with Crippen LogP contribution in [-0.2, 0) is 0 Å². The number of hydrogen-bond acceptors (Lipinski definition) is 4. The second-order valence-electron chi connectivity index (χ2n) is 6.67. The number of carbonyl (C=O) groups is 1. The molecule has 28 heavy (non-hydrogen) atoms. The molecule has 140 valence electrons. The van der Waals surface area contributed by atoms with E-state index in [2.05, 4.69) is 47.4 Å². The van der Waals surface area contributed by atoms with E-state index in [1.807, 2.05) is 31.2 Å². The van der Waals surface area contributed by atoms with Crippen LogP contribution in [0.25, 0.3) is 5.65 Å². The molecule has 0 aliphatic rings. The average molecular weight is 388 g/mol. The van der Waals surface area contributed by atoms with Gasteiger partial charge in [-0.15, -0.1) is 0 Å². The van der Waals surface area contributed by atoms with Crippen molar-refractivity contribution in [2.24, 2.45) is 0 Å². The number of hydrogen-bond donors (Lipinski definition) is 1. The second kappa shape index (κ2) is 7.48. The third kappa shape index (κ3) is 3.64. The number of carbonyl (C=O) groups excluding carboxylic acids is 1. The van der Waals surface area contributed by atoms with Gasteiger partial charge in [0.05, 0.1) is 5.69 Å². The van der Waals surface area contributed by atoms with Crippen molar-refractivity contribution in [3.05, 3.63) is 83.3 Å². The van der Waals surface area contributed by atoms with Crippen LogP contribution in [0.1, 0.15) is 27.2 Å². The zero-order valence-electron chi connectivity index (χ0n) is 15.9. The Hall–Kier alpha value is -3.12. The molecule has 4 rings (SSSR count). The van der Waals surface area contributed by atoms with Gasteiger partial charge in [0.2, 0.25) is 0 Å². The molecule has 2 heterocycles.